The van der Waals surface area contributed by atoms with E-state index in [0.29, 0.717) is 43.2 Å². The van der Waals surface area contributed by atoms with Crippen LogP contribution in [0.4, 0.5) is 5.13 Å². The first-order valence-electron chi connectivity index (χ1n) is 12.8. The Morgan fingerprint density at radius 3 is 2.10 bits per heavy atom. The van der Waals surface area contributed by atoms with Crippen molar-refractivity contribution in [3.8, 4) is 33.8 Å². The number of anilines is 1. The number of carbonyl (C=O) groups excluding carboxylic acids is 2. The Morgan fingerprint density at radius 1 is 0.762 bits per heavy atom. The number of aromatic nitrogens is 3. The van der Waals surface area contributed by atoms with E-state index in [1.807, 2.05) is 60.7 Å². The number of fused-ring (bicyclic) bond motifs is 1. The molecule has 1 N–H and O–H groups in total. The largest absolute Gasteiger partial charge is 0.452 e. The van der Waals surface area contributed by atoms with E-state index in [1.165, 1.54) is 11.3 Å². The first-order valence-corrected chi connectivity index (χ1v) is 14.4. The summed E-state index contributed by atoms with van der Waals surface area (Å²) in [6.07, 6.45) is 0. The number of carbonyl (C=O) groups is 2. The van der Waals surface area contributed by atoms with Gasteiger partial charge in [-0.2, -0.15) is 0 Å². The zero-order valence-electron chi connectivity index (χ0n) is 21.8. The zero-order valence-corrected chi connectivity index (χ0v) is 24.1. The van der Waals surface area contributed by atoms with Gasteiger partial charge in [-0.15, -0.1) is 11.3 Å². The first kappa shape index (κ1) is 27.5. The van der Waals surface area contributed by atoms with Gasteiger partial charge in [-0.25, -0.2) is 19.7 Å². The van der Waals surface area contributed by atoms with E-state index >= 15 is 0 Å². The van der Waals surface area contributed by atoms with Crippen molar-refractivity contribution in [3.63, 3.8) is 0 Å². The molecule has 2 aromatic heterocycles. The topological polar surface area (TPSA) is 94.1 Å². The van der Waals surface area contributed by atoms with E-state index in [2.05, 4.69) is 10.3 Å². The van der Waals surface area contributed by atoms with Crippen molar-refractivity contribution in [2.75, 3.05) is 11.9 Å². The van der Waals surface area contributed by atoms with Crippen LogP contribution < -0.4 is 5.32 Å². The highest BCUT2D eigenvalue weighted by Gasteiger charge is 2.17. The third-order valence-electron chi connectivity index (χ3n) is 6.29. The molecule has 0 spiro atoms. The summed E-state index contributed by atoms with van der Waals surface area (Å²) in [6, 6.07) is 29.6. The van der Waals surface area contributed by atoms with Gasteiger partial charge in [0.05, 0.1) is 38.7 Å². The molecule has 2 heterocycles. The Hall–Kier alpha value is -4.63. The van der Waals surface area contributed by atoms with Crippen molar-refractivity contribution in [3.05, 3.63) is 118 Å². The second kappa shape index (κ2) is 12.1. The molecule has 6 rings (SSSR count). The van der Waals surface area contributed by atoms with E-state index in [-0.39, 0.29) is 5.56 Å². The van der Waals surface area contributed by atoms with Gasteiger partial charge in [0.1, 0.15) is 0 Å². The number of amides is 1. The molecule has 7 nitrogen and oxygen atoms in total. The Morgan fingerprint density at radius 2 is 1.43 bits per heavy atom. The van der Waals surface area contributed by atoms with E-state index < -0.39 is 18.5 Å². The van der Waals surface area contributed by atoms with Gasteiger partial charge in [0.15, 0.2) is 11.7 Å². The Balaban J connectivity index is 1.18. The molecule has 0 aliphatic rings. The van der Waals surface area contributed by atoms with Crippen molar-refractivity contribution in [2.24, 2.45) is 0 Å². The standard InChI is InChI=1S/C32H20Cl2N4O3S/c33-22-12-13-23(24(34)16-22)27-18-42-32(37-27)38-28(39)17-41-31(40)21-11-14-25-26(15-21)36-30(20-9-5-2-6-10-20)29(35-25)19-7-3-1-4-8-19/h1-16,18H,17H2,(H,37,38,39). The van der Waals surface area contributed by atoms with Gasteiger partial charge in [0.2, 0.25) is 0 Å². The maximum atomic E-state index is 12.9. The van der Waals surface area contributed by atoms with Gasteiger partial charge >= 0.3 is 5.97 Å². The van der Waals surface area contributed by atoms with Gasteiger partial charge in [0, 0.05) is 27.1 Å². The fraction of sp³-hybridized carbons (Fsp3) is 0.0312. The van der Waals surface area contributed by atoms with Gasteiger partial charge in [-0.1, -0.05) is 83.9 Å². The monoisotopic (exact) mass is 610 g/mol. The Bertz CT molecular complexity index is 1930. The summed E-state index contributed by atoms with van der Waals surface area (Å²) in [4.78, 5) is 39.5. The average molecular weight is 612 g/mol. The van der Waals surface area contributed by atoms with Crippen LogP contribution in [0, 0.1) is 0 Å². The van der Waals surface area contributed by atoms with Gasteiger partial charge in [-0.05, 0) is 36.4 Å². The van der Waals surface area contributed by atoms with Crippen LogP contribution in [0.15, 0.2) is 102 Å². The molecule has 4 aromatic carbocycles. The molecule has 0 fully saturated rings. The van der Waals surface area contributed by atoms with Crippen LogP contribution in [0.2, 0.25) is 10.0 Å². The highest BCUT2D eigenvalue weighted by molar-refractivity contribution is 7.14. The van der Waals surface area contributed by atoms with E-state index in [9.17, 15) is 9.59 Å². The summed E-state index contributed by atoms with van der Waals surface area (Å²) in [5.74, 6) is -1.18. The second-order valence-electron chi connectivity index (χ2n) is 9.14. The summed E-state index contributed by atoms with van der Waals surface area (Å²) >= 11 is 13.5. The van der Waals surface area contributed by atoms with Crippen LogP contribution in [-0.2, 0) is 9.53 Å². The molecular weight excluding hydrogens is 591 g/mol. The molecule has 0 radical (unpaired) electrons. The van der Waals surface area contributed by atoms with Crippen molar-refractivity contribution >= 4 is 62.6 Å². The fourth-order valence-corrected chi connectivity index (χ4v) is 5.53. The number of rotatable bonds is 7. The SMILES string of the molecule is O=C(COC(=O)c1ccc2nc(-c3ccccc3)c(-c3ccccc3)nc2c1)Nc1nc(-c2ccc(Cl)cc2Cl)cs1. The molecule has 6 aromatic rings. The number of nitrogens with zero attached hydrogens (tertiary/aromatic N) is 3. The first-order chi connectivity index (χ1) is 20.4. The molecule has 1 amide bonds. The van der Waals surface area contributed by atoms with Crippen molar-refractivity contribution in [2.45, 2.75) is 0 Å². The number of nitrogens with one attached hydrogen (secondary N) is 1. The molecule has 10 heteroatoms. The molecule has 42 heavy (non-hydrogen) atoms. The molecular formula is C32H20Cl2N4O3S. The number of hydrogen-bond acceptors (Lipinski definition) is 7. The summed E-state index contributed by atoms with van der Waals surface area (Å²) in [5, 5.41) is 5.72. The zero-order chi connectivity index (χ0) is 29.1. The van der Waals surface area contributed by atoms with Crippen LogP contribution in [0.1, 0.15) is 10.4 Å². The van der Waals surface area contributed by atoms with E-state index in [0.717, 1.165) is 16.8 Å². The molecule has 0 aliphatic heterocycles. The number of thiazole rings is 1. The quantitative estimate of drug-likeness (QED) is 0.183. The van der Waals surface area contributed by atoms with Crippen molar-refractivity contribution < 1.29 is 14.3 Å². The number of benzene rings is 4. The van der Waals surface area contributed by atoms with Crippen LogP contribution in [0.25, 0.3) is 44.8 Å². The third kappa shape index (κ3) is 6.01. The maximum Gasteiger partial charge on any atom is 0.338 e. The Kier molecular flexibility index (Phi) is 7.92. The lowest BCUT2D eigenvalue weighted by Crippen LogP contribution is -2.20. The van der Waals surface area contributed by atoms with Crippen LogP contribution >= 0.6 is 34.5 Å². The van der Waals surface area contributed by atoms with Gasteiger partial charge in [-0.3, -0.25) is 10.1 Å². The van der Waals surface area contributed by atoms with Gasteiger partial charge < -0.3 is 4.74 Å². The third-order valence-corrected chi connectivity index (χ3v) is 7.59. The maximum absolute atomic E-state index is 12.9. The second-order valence-corrected chi connectivity index (χ2v) is 10.8. The number of ether oxygens (including phenoxy) is 1. The Labute approximate surface area is 254 Å². The van der Waals surface area contributed by atoms with Crippen molar-refractivity contribution in [1.29, 1.82) is 0 Å². The fourth-order valence-electron chi connectivity index (χ4n) is 4.30. The van der Waals surface area contributed by atoms with E-state index in [1.54, 1.807) is 41.8 Å². The highest BCUT2D eigenvalue weighted by atomic mass is 35.5. The summed E-state index contributed by atoms with van der Waals surface area (Å²) in [7, 11) is 0. The molecule has 0 bridgehead atoms. The van der Waals surface area contributed by atoms with E-state index in [4.69, 9.17) is 37.9 Å². The lowest BCUT2D eigenvalue weighted by molar-refractivity contribution is -0.119. The minimum absolute atomic E-state index is 0.255. The smallest absolute Gasteiger partial charge is 0.338 e. The van der Waals surface area contributed by atoms with Gasteiger partial charge in [0.25, 0.3) is 5.91 Å². The molecule has 0 saturated carbocycles. The summed E-state index contributed by atoms with van der Waals surface area (Å²) in [5.41, 5.74) is 5.97. The molecule has 206 valence electrons. The number of hydrogen-bond donors (Lipinski definition) is 1. The van der Waals surface area contributed by atoms with Crippen LogP contribution in [0.3, 0.4) is 0 Å². The minimum Gasteiger partial charge on any atom is -0.452 e. The molecule has 0 saturated heterocycles. The van der Waals surface area contributed by atoms with Crippen molar-refractivity contribution in [1.82, 2.24) is 15.0 Å². The molecule has 0 aliphatic carbocycles. The minimum atomic E-state index is -0.657. The molecule has 0 atom stereocenters. The summed E-state index contributed by atoms with van der Waals surface area (Å²) < 4.78 is 5.28. The number of halogens is 2. The average Bonchev–Trinajstić information content (AvgIpc) is 3.47. The predicted octanol–water partition coefficient (Wildman–Crippen LogP) is 8.19. The highest BCUT2D eigenvalue weighted by Crippen LogP contribution is 2.33. The van der Waals surface area contributed by atoms with Crippen LogP contribution in [-0.4, -0.2) is 33.4 Å². The molecule has 0 unspecified atom stereocenters. The summed E-state index contributed by atoms with van der Waals surface area (Å²) in [6.45, 7) is -0.485. The lowest BCUT2D eigenvalue weighted by atomic mass is 10.0. The predicted molar refractivity (Wildman–Crippen MR) is 167 cm³/mol. The van der Waals surface area contributed by atoms with Crippen LogP contribution in [0.5, 0.6) is 0 Å². The normalized spacial score (nSPS) is 10.9. The number of esters is 1. The lowest BCUT2D eigenvalue weighted by Gasteiger charge is -2.11.